The number of aromatic nitrogens is 1. The monoisotopic (exact) mass is 213 g/mol. The van der Waals surface area contributed by atoms with Crippen LogP contribution in [0.2, 0.25) is 0 Å². The smallest absolute Gasteiger partial charge is 0.124 e. The third kappa shape index (κ3) is 1.57. The minimum absolute atomic E-state index is 0.0521. The van der Waals surface area contributed by atoms with E-state index in [4.69, 9.17) is 11.1 Å². The fraction of sp³-hybridized carbons (Fsp3) is 0.143. The third-order valence-corrected chi connectivity index (χ3v) is 2.24. The molecule has 58 valence electrons. The van der Waals surface area contributed by atoms with Crippen LogP contribution in [0.5, 0.6) is 0 Å². The molecular formula is C7H8BrN3. The van der Waals surface area contributed by atoms with E-state index in [9.17, 15) is 0 Å². The van der Waals surface area contributed by atoms with Gasteiger partial charge in [0.25, 0.3) is 0 Å². The van der Waals surface area contributed by atoms with E-state index < -0.39 is 0 Å². The standard InChI is InChI=1S/C7H8BrN3/c1-4-5(7(9)10)2-11-3-6(4)8/h2-3H,1H3,(H3,9,10). The lowest BCUT2D eigenvalue weighted by molar-refractivity contribution is 1.23. The predicted octanol–water partition coefficient (Wildman–Crippen LogP) is 1.44. The lowest BCUT2D eigenvalue weighted by atomic mass is 10.1. The first kappa shape index (κ1) is 8.20. The van der Waals surface area contributed by atoms with Crippen LogP contribution < -0.4 is 5.73 Å². The largest absolute Gasteiger partial charge is 0.384 e. The Kier molecular flexibility index (Phi) is 2.24. The van der Waals surface area contributed by atoms with Gasteiger partial charge in [-0.3, -0.25) is 10.4 Å². The number of nitrogen functional groups attached to an aromatic ring is 1. The van der Waals surface area contributed by atoms with Gasteiger partial charge >= 0.3 is 0 Å². The van der Waals surface area contributed by atoms with Crippen molar-refractivity contribution in [3.63, 3.8) is 0 Å². The Morgan fingerprint density at radius 1 is 1.64 bits per heavy atom. The van der Waals surface area contributed by atoms with E-state index >= 15 is 0 Å². The van der Waals surface area contributed by atoms with Crippen LogP contribution in [0.1, 0.15) is 11.1 Å². The number of nitrogens with zero attached hydrogens (tertiary/aromatic N) is 1. The van der Waals surface area contributed by atoms with Crippen molar-refractivity contribution >= 4 is 21.8 Å². The van der Waals surface area contributed by atoms with E-state index in [2.05, 4.69) is 20.9 Å². The molecule has 0 aliphatic carbocycles. The van der Waals surface area contributed by atoms with Crippen molar-refractivity contribution in [2.45, 2.75) is 6.92 Å². The SMILES string of the molecule is Cc1c(Br)cncc1C(=N)N. The molecule has 1 aromatic rings. The van der Waals surface area contributed by atoms with Crippen LogP contribution in [-0.2, 0) is 0 Å². The van der Waals surface area contributed by atoms with Crippen molar-refractivity contribution in [3.05, 3.63) is 28.0 Å². The first-order valence-electron chi connectivity index (χ1n) is 3.07. The Morgan fingerprint density at radius 3 is 2.73 bits per heavy atom. The second-order valence-corrected chi connectivity index (χ2v) is 3.06. The summed E-state index contributed by atoms with van der Waals surface area (Å²) >= 11 is 3.30. The van der Waals surface area contributed by atoms with Crippen LogP contribution in [0.25, 0.3) is 0 Å². The van der Waals surface area contributed by atoms with Gasteiger partial charge in [-0.15, -0.1) is 0 Å². The molecule has 4 heteroatoms. The highest BCUT2D eigenvalue weighted by molar-refractivity contribution is 9.10. The Bertz CT molecular complexity index is 296. The number of rotatable bonds is 1. The summed E-state index contributed by atoms with van der Waals surface area (Å²) in [5.74, 6) is 0.0521. The van der Waals surface area contributed by atoms with Crippen molar-refractivity contribution in [2.75, 3.05) is 0 Å². The summed E-state index contributed by atoms with van der Waals surface area (Å²) in [5.41, 5.74) is 6.94. The van der Waals surface area contributed by atoms with Gasteiger partial charge in [-0.05, 0) is 28.4 Å². The number of hydrogen-bond acceptors (Lipinski definition) is 2. The maximum Gasteiger partial charge on any atom is 0.124 e. The van der Waals surface area contributed by atoms with E-state index in [0.29, 0.717) is 5.56 Å². The molecule has 0 radical (unpaired) electrons. The van der Waals surface area contributed by atoms with Gasteiger partial charge in [0, 0.05) is 22.4 Å². The van der Waals surface area contributed by atoms with Crippen LogP contribution in [0.4, 0.5) is 0 Å². The third-order valence-electron chi connectivity index (χ3n) is 1.44. The predicted molar refractivity (Wildman–Crippen MR) is 47.7 cm³/mol. The van der Waals surface area contributed by atoms with E-state index in [1.807, 2.05) is 6.92 Å². The van der Waals surface area contributed by atoms with Crippen molar-refractivity contribution in [3.8, 4) is 0 Å². The molecule has 0 aliphatic rings. The van der Waals surface area contributed by atoms with E-state index in [1.165, 1.54) is 0 Å². The lowest BCUT2D eigenvalue weighted by Gasteiger charge is -2.03. The van der Waals surface area contributed by atoms with Crippen molar-refractivity contribution in [1.82, 2.24) is 4.98 Å². The van der Waals surface area contributed by atoms with E-state index in [-0.39, 0.29) is 5.84 Å². The molecule has 0 spiro atoms. The van der Waals surface area contributed by atoms with Crippen molar-refractivity contribution in [2.24, 2.45) is 5.73 Å². The summed E-state index contributed by atoms with van der Waals surface area (Å²) in [4.78, 5) is 3.90. The Morgan fingerprint density at radius 2 is 2.27 bits per heavy atom. The lowest BCUT2D eigenvalue weighted by Crippen LogP contribution is -2.13. The van der Waals surface area contributed by atoms with Crippen LogP contribution in [0.3, 0.4) is 0 Å². The summed E-state index contributed by atoms with van der Waals surface area (Å²) in [6.07, 6.45) is 3.27. The Balaban J connectivity index is 3.27. The quantitative estimate of drug-likeness (QED) is 0.548. The van der Waals surface area contributed by atoms with Gasteiger partial charge in [-0.25, -0.2) is 0 Å². The van der Waals surface area contributed by atoms with Crippen LogP contribution in [0.15, 0.2) is 16.9 Å². The summed E-state index contributed by atoms with van der Waals surface area (Å²) < 4.78 is 0.880. The molecule has 0 bridgehead atoms. The highest BCUT2D eigenvalue weighted by Crippen LogP contribution is 2.16. The van der Waals surface area contributed by atoms with E-state index in [0.717, 1.165) is 10.0 Å². The summed E-state index contributed by atoms with van der Waals surface area (Å²) in [6.45, 7) is 1.89. The molecule has 0 saturated carbocycles. The summed E-state index contributed by atoms with van der Waals surface area (Å²) in [5, 5.41) is 7.19. The number of halogens is 1. The number of nitrogens with two attached hydrogens (primary N) is 1. The second kappa shape index (κ2) is 3.00. The number of hydrogen-bond donors (Lipinski definition) is 2. The highest BCUT2D eigenvalue weighted by Gasteiger charge is 2.03. The molecule has 3 nitrogen and oxygen atoms in total. The van der Waals surface area contributed by atoms with Crippen molar-refractivity contribution < 1.29 is 0 Å². The molecule has 0 aliphatic heterocycles. The Labute approximate surface area is 73.3 Å². The normalized spacial score (nSPS) is 9.64. The summed E-state index contributed by atoms with van der Waals surface area (Å²) in [7, 11) is 0. The molecule has 1 heterocycles. The first-order valence-corrected chi connectivity index (χ1v) is 3.86. The van der Waals surface area contributed by atoms with Gasteiger partial charge in [0.1, 0.15) is 5.84 Å². The Hall–Kier alpha value is -0.900. The molecule has 1 rings (SSSR count). The molecule has 0 fully saturated rings. The molecule has 0 unspecified atom stereocenters. The maximum absolute atomic E-state index is 7.19. The average molecular weight is 214 g/mol. The zero-order valence-corrected chi connectivity index (χ0v) is 7.64. The van der Waals surface area contributed by atoms with E-state index in [1.54, 1.807) is 12.4 Å². The molecule has 1 aromatic heterocycles. The van der Waals surface area contributed by atoms with Crippen molar-refractivity contribution in [1.29, 1.82) is 5.41 Å². The zero-order chi connectivity index (χ0) is 8.43. The fourth-order valence-electron chi connectivity index (χ4n) is 0.771. The minimum Gasteiger partial charge on any atom is -0.384 e. The van der Waals surface area contributed by atoms with Crippen LogP contribution >= 0.6 is 15.9 Å². The first-order chi connectivity index (χ1) is 5.13. The van der Waals surface area contributed by atoms with Gasteiger partial charge in [-0.2, -0.15) is 0 Å². The topological polar surface area (TPSA) is 62.8 Å². The molecule has 0 atom stereocenters. The fourth-order valence-corrected chi connectivity index (χ4v) is 1.10. The van der Waals surface area contributed by atoms with Crippen LogP contribution in [0, 0.1) is 12.3 Å². The van der Waals surface area contributed by atoms with Gasteiger partial charge in [0.05, 0.1) is 0 Å². The van der Waals surface area contributed by atoms with Gasteiger partial charge < -0.3 is 5.73 Å². The highest BCUT2D eigenvalue weighted by atomic mass is 79.9. The maximum atomic E-state index is 7.19. The second-order valence-electron chi connectivity index (χ2n) is 2.21. The molecule has 11 heavy (non-hydrogen) atoms. The molecule has 0 saturated heterocycles. The average Bonchev–Trinajstić information content (AvgIpc) is 1.94. The van der Waals surface area contributed by atoms with Crippen LogP contribution in [-0.4, -0.2) is 10.8 Å². The molecule has 3 N–H and O–H groups in total. The molecule has 0 aromatic carbocycles. The zero-order valence-electron chi connectivity index (χ0n) is 6.06. The number of pyridine rings is 1. The van der Waals surface area contributed by atoms with Gasteiger partial charge in [0.15, 0.2) is 0 Å². The molecule has 0 amide bonds. The number of amidine groups is 1. The minimum atomic E-state index is 0.0521. The number of nitrogens with one attached hydrogen (secondary N) is 1. The summed E-state index contributed by atoms with van der Waals surface area (Å²) in [6, 6.07) is 0. The van der Waals surface area contributed by atoms with Gasteiger partial charge in [0.2, 0.25) is 0 Å². The molecular weight excluding hydrogens is 206 g/mol. The van der Waals surface area contributed by atoms with Gasteiger partial charge in [-0.1, -0.05) is 0 Å².